The Kier molecular flexibility index (Phi) is 6.29. The fourth-order valence-corrected chi connectivity index (χ4v) is 7.11. The molecule has 0 spiro atoms. The van der Waals surface area contributed by atoms with Crippen LogP contribution < -0.4 is 15.9 Å². The molecule has 0 aliphatic rings. The van der Waals surface area contributed by atoms with Gasteiger partial charge in [-0.2, -0.15) is 0 Å². The molecule has 4 aromatic carbocycles. The van der Waals surface area contributed by atoms with Crippen molar-refractivity contribution in [1.82, 2.24) is 0 Å². The molecule has 0 aliphatic carbocycles. The summed E-state index contributed by atoms with van der Waals surface area (Å²) >= 11 is 13.1. The Morgan fingerprint density at radius 1 is 0.600 bits per heavy atom. The number of nitrogens with one attached hydrogen (secondary N) is 1. The fraction of sp³-hybridized carbons (Fsp3) is 0.0400. The smallest absolute Gasteiger partial charge is 0.168 e. The molecule has 150 valence electrons. The van der Waals surface area contributed by atoms with Crippen LogP contribution in [-0.2, 0) is 4.57 Å². The summed E-state index contributed by atoms with van der Waals surface area (Å²) in [5, 5.41) is 6.07. The Morgan fingerprint density at radius 2 is 1.07 bits per heavy atom. The molecule has 0 saturated carbocycles. The lowest BCUT2D eigenvalue weighted by atomic mass is 10.2. The quantitative estimate of drug-likeness (QED) is 0.316. The zero-order valence-electron chi connectivity index (χ0n) is 16.1. The topological polar surface area (TPSA) is 29.1 Å². The Labute approximate surface area is 186 Å². The molecule has 0 amide bonds. The molecule has 1 N–H and O–H groups in total. The molecule has 4 rings (SSSR count). The highest BCUT2D eigenvalue weighted by molar-refractivity contribution is 7.79. The van der Waals surface area contributed by atoms with Crippen LogP contribution in [0.1, 0.15) is 11.3 Å². The average Bonchev–Trinajstić information content (AvgIpc) is 2.80. The lowest BCUT2D eigenvalue weighted by Gasteiger charge is -2.31. The van der Waals surface area contributed by atoms with Gasteiger partial charge in [-0.1, -0.05) is 114 Å². The van der Waals surface area contributed by atoms with E-state index < -0.39 is 12.9 Å². The van der Waals surface area contributed by atoms with E-state index in [0.29, 0.717) is 15.7 Å². The number of anilines is 1. The molecule has 0 aliphatic heterocycles. The molecule has 0 aromatic heterocycles. The molecule has 2 nitrogen and oxygen atoms in total. The summed E-state index contributed by atoms with van der Waals surface area (Å²) < 4.78 is 15.0. The minimum absolute atomic E-state index is 0.550. The second kappa shape index (κ2) is 9.10. The minimum Gasteiger partial charge on any atom is -0.370 e. The van der Waals surface area contributed by atoms with E-state index in [9.17, 15) is 0 Å². The first-order valence-corrected chi connectivity index (χ1v) is 12.1. The van der Waals surface area contributed by atoms with Crippen molar-refractivity contribution in [3.8, 4) is 0 Å². The number of hydrogen-bond donors (Lipinski definition) is 1. The third-order valence-electron chi connectivity index (χ3n) is 5.01. The van der Waals surface area contributed by atoms with E-state index in [1.165, 1.54) is 0 Å². The van der Waals surface area contributed by atoms with Crippen molar-refractivity contribution in [2.75, 3.05) is 5.32 Å². The van der Waals surface area contributed by atoms with Crippen LogP contribution in [0.25, 0.3) is 0 Å². The Balaban J connectivity index is 1.98. The SMILES string of the molecule is O=P(c1ccccc1)(c1ccccc1)[C@@H](Nc1ccccc1Cl)c1ccccc1Cl. The highest BCUT2D eigenvalue weighted by Gasteiger charge is 2.39. The van der Waals surface area contributed by atoms with Crippen LogP contribution in [0.5, 0.6) is 0 Å². The molecule has 30 heavy (non-hydrogen) atoms. The van der Waals surface area contributed by atoms with Gasteiger partial charge >= 0.3 is 0 Å². The Hall–Kier alpha value is -2.51. The Morgan fingerprint density at radius 3 is 1.60 bits per heavy atom. The first kappa shape index (κ1) is 20.8. The summed E-state index contributed by atoms with van der Waals surface area (Å²) in [6.07, 6.45) is 0. The van der Waals surface area contributed by atoms with Gasteiger partial charge in [-0.25, -0.2) is 0 Å². The highest BCUT2D eigenvalue weighted by Crippen LogP contribution is 2.58. The summed E-state index contributed by atoms with van der Waals surface area (Å²) in [4.78, 5) is 0. The summed E-state index contributed by atoms with van der Waals surface area (Å²) in [7, 11) is -3.22. The second-order valence-corrected chi connectivity index (χ2v) is 10.6. The molecular formula is C25H20Cl2NOP. The molecular weight excluding hydrogens is 432 g/mol. The maximum absolute atomic E-state index is 15.0. The van der Waals surface area contributed by atoms with Gasteiger partial charge in [-0.15, -0.1) is 0 Å². The zero-order valence-corrected chi connectivity index (χ0v) is 18.5. The van der Waals surface area contributed by atoms with Gasteiger partial charge in [-0.05, 0) is 18.2 Å². The van der Waals surface area contributed by atoms with Gasteiger partial charge in [0.2, 0.25) is 0 Å². The van der Waals surface area contributed by atoms with Crippen molar-refractivity contribution in [2.24, 2.45) is 0 Å². The normalized spacial score (nSPS) is 12.3. The van der Waals surface area contributed by atoms with Crippen LogP contribution in [0.2, 0.25) is 10.0 Å². The number of rotatable bonds is 6. The van der Waals surface area contributed by atoms with E-state index in [2.05, 4.69) is 5.32 Å². The number of para-hydroxylation sites is 1. The maximum Gasteiger partial charge on any atom is 0.168 e. The molecule has 0 fully saturated rings. The molecule has 0 heterocycles. The lowest BCUT2D eigenvalue weighted by molar-refractivity contribution is 0.581. The van der Waals surface area contributed by atoms with Crippen LogP contribution >= 0.6 is 30.3 Å². The van der Waals surface area contributed by atoms with Crippen molar-refractivity contribution >= 4 is 46.6 Å². The van der Waals surface area contributed by atoms with E-state index >= 15 is 4.57 Å². The first-order chi connectivity index (χ1) is 14.6. The van der Waals surface area contributed by atoms with Crippen molar-refractivity contribution in [3.63, 3.8) is 0 Å². The number of hydrogen-bond acceptors (Lipinski definition) is 2. The predicted octanol–water partition coefficient (Wildman–Crippen LogP) is 7.12. The first-order valence-electron chi connectivity index (χ1n) is 9.57. The molecule has 0 unspecified atom stereocenters. The van der Waals surface area contributed by atoms with Crippen molar-refractivity contribution in [1.29, 1.82) is 0 Å². The molecule has 4 aromatic rings. The summed E-state index contributed by atoms with van der Waals surface area (Å²) in [5.74, 6) is -0.601. The largest absolute Gasteiger partial charge is 0.370 e. The van der Waals surface area contributed by atoms with E-state index in [1.54, 1.807) is 0 Å². The molecule has 5 heteroatoms. The number of benzene rings is 4. The van der Waals surface area contributed by atoms with Gasteiger partial charge in [-0.3, -0.25) is 0 Å². The molecule has 0 bridgehead atoms. The summed E-state index contributed by atoms with van der Waals surface area (Å²) in [5.41, 5.74) is 1.46. The average molecular weight is 452 g/mol. The van der Waals surface area contributed by atoms with Gasteiger partial charge in [0.25, 0.3) is 0 Å². The van der Waals surface area contributed by atoms with Crippen molar-refractivity contribution in [2.45, 2.75) is 5.78 Å². The van der Waals surface area contributed by atoms with Crippen molar-refractivity contribution < 1.29 is 4.57 Å². The van der Waals surface area contributed by atoms with Gasteiger partial charge < -0.3 is 9.88 Å². The molecule has 0 radical (unpaired) electrons. The molecule has 1 atom stereocenters. The van der Waals surface area contributed by atoms with Crippen LogP contribution in [-0.4, -0.2) is 0 Å². The van der Waals surface area contributed by atoms with Crippen molar-refractivity contribution in [3.05, 3.63) is 125 Å². The highest BCUT2D eigenvalue weighted by atomic mass is 35.5. The van der Waals surface area contributed by atoms with E-state index in [0.717, 1.165) is 16.2 Å². The van der Waals surface area contributed by atoms with Gasteiger partial charge in [0.05, 0.1) is 10.7 Å². The van der Waals surface area contributed by atoms with E-state index in [1.807, 2.05) is 109 Å². The van der Waals surface area contributed by atoms with Crippen LogP contribution in [0, 0.1) is 0 Å². The summed E-state index contributed by atoms with van der Waals surface area (Å²) in [6.45, 7) is 0. The lowest BCUT2D eigenvalue weighted by Crippen LogP contribution is -2.26. The minimum atomic E-state index is -3.22. The third kappa shape index (κ3) is 4.04. The van der Waals surface area contributed by atoms with Crippen LogP contribution in [0.4, 0.5) is 5.69 Å². The predicted molar refractivity (Wildman–Crippen MR) is 129 cm³/mol. The molecule has 0 saturated heterocycles. The summed E-state index contributed by atoms with van der Waals surface area (Å²) in [6, 6.07) is 34.1. The third-order valence-corrected chi connectivity index (χ3v) is 8.95. The van der Waals surface area contributed by atoms with E-state index in [4.69, 9.17) is 23.2 Å². The monoisotopic (exact) mass is 451 g/mol. The van der Waals surface area contributed by atoms with Crippen LogP contribution in [0.3, 0.4) is 0 Å². The standard InChI is InChI=1S/C25H20Cl2NOP/c26-22-16-8-7-15-21(22)25(28-24-18-10-9-17-23(24)27)30(29,19-11-3-1-4-12-19)20-13-5-2-6-14-20/h1-18,25,28H/t25-/m1/s1. The zero-order chi connectivity index (χ0) is 21.0. The van der Waals surface area contributed by atoms with E-state index in [-0.39, 0.29) is 0 Å². The fourth-order valence-electron chi connectivity index (χ4n) is 3.53. The van der Waals surface area contributed by atoms with Gasteiger partial charge in [0.15, 0.2) is 7.14 Å². The second-order valence-electron chi connectivity index (χ2n) is 6.88. The van der Waals surface area contributed by atoms with Gasteiger partial charge in [0, 0.05) is 21.2 Å². The maximum atomic E-state index is 15.0. The Bertz CT molecular complexity index is 1140. The number of halogens is 2. The van der Waals surface area contributed by atoms with Gasteiger partial charge in [0.1, 0.15) is 5.78 Å². The van der Waals surface area contributed by atoms with Crippen LogP contribution in [0.15, 0.2) is 109 Å².